The first kappa shape index (κ1) is 14.6. The molecule has 3 aliphatic rings. The lowest BCUT2D eigenvalue weighted by Crippen LogP contribution is -2.56. The molecule has 9 heteroatoms. The van der Waals surface area contributed by atoms with Gasteiger partial charge >= 0.3 is 17.8 Å². The second-order valence-electron chi connectivity index (χ2n) is 5.38. The van der Waals surface area contributed by atoms with Crippen LogP contribution in [0.25, 0.3) is 0 Å². The number of hydrazine groups is 1. The molecule has 0 bridgehead atoms. The van der Waals surface area contributed by atoms with E-state index in [0.717, 1.165) is 12.2 Å². The second-order valence-corrected chi connectivity index (χ2v) is 5.38. The van der Waals surface area contributed by atoms with E-state index >= 15 is 0 Å². The maximum atomic E-state index is 14.2. The van der Waals surface area contributed by atoms with Crippen LogP contribution in [-0.2, 0) is 31.5 Å². The van der Waals surface area contributed by atoms with Crippen molar-refractivity contribution in [1.29, 1.82) is 0 Å². The number of aliphatic imine (C=N–C) groups is 1. The van der Waals surface area contributed by atoms with Crippen LogP contribution in [-0.4, -0.2) is 36.0 Å². The fourth-order valence-corrected chi connectivity index (χ4v) is 2.85. The van der Waals surface area contributed by atoms with Crippen LogP contribution in [0, 0.1) is 5.82 Å². The van der Waals surface area contributed by atoms with Crippen molar-refractivity contribution in [1.82, 2.24) is 15.8 Å². The molecule has 3 heterocycles. The van der Waals surface area contributed by atoms with Gasteiger partial charge < -0.3 is 14.8 Å². The highest BCUT2D eigenvalue weighted by Crippen LogP contribution is 2.42. The van der Waals surface area contributed by atoms with Crippen LogP contribution in [0.5, 0.6) is 0 Å². The van der Waals surface area contributed by atoms with Gasteiger partial charge in [0, 0.05) is 24.3 Å². The first-order valence-corrected chi connectivity index (χ1v) is 7.33. The van der Waals surface area contributed by atoms with Crippen LogP contribution in [0.3, 0.4) is 0 Å². The number of rotatable bonds is 1. The first-order valence-electron chi connectivity index (χ1n) is 7.33. The smallest absolute Gasteiger partial charge is 0.367 e. The zero-order chi connectivity index (χ0) is 16.7. The van der Waals surface area contributed by atoms with Gasteiger partial charge in [-0.1, -0.05) is 6.07 Å². The maximum absolute atomic E-state index is 14.2. The van der Waals surface area contributed by atoms with Crippen LogP contribution < -0.4 is 10.7 Å². The summed E-state index contributed by atoms with van der Waals surface area (Å²) < 4.78 is 25.0. The number of nitrogens with one attached hydrogen (secondary N) is 2. The van der Waals surface area contributed by atoms with Crippen LogP contribution >= 0.6 is 0 Å². The highest BCUT2D eigenvalue weighted by molar-refractivity contribution is 5.93. The van der Waals surface area contributed by atoms with E-state index in [1.807, 2.05) is 0 Å². The largest absolute Gasteiger partial charge is 0.399 e. The summed E-state index contributed by atoms with van der Waals surface area (Å²) in [6.07, 6.45) is 1.94. The second kappa shape index (κ2) is 5.31. The van der Waals surface area contributed by atoms with Gasteiger partial charge in [-0.05, 0) is 12.1 Å². The Bertz CT molecular complexity index is 772. The molecular weight excluding hydrogens is 319 g/mol. The molecule has 3 aliphatic heterocycles. The number of nitrogens with zero attached hydrogens (tertiary/aromatic N) is 2. The predicted molar refractivity (Wildman–Crippen MR) is 78.4 cm³/mol. The fraction of sp³-hybridized carbons (Fsp3) is 0.267. The van der Waals surface area contributed by atoms with Crippen molar-refractivity contribution in [2.24, 2.45) is 4.99 Å². The lowest BCUT2D eigenvalue weighted by Gasteiger charge is -2.35. The molecule has 2 N–H and O–H groups in total. The molecule has 0 aromatic heterocycles. The SMILES string of the molecule is O=C1C=CC(=O)OC2(O1)c1cccc(F)c1CN2NC1=NCCN1. The van der Waals surface area contributed by atoms with E-state index in [-0.39, 0.29) is 17.7 Å². The van der Waals surface area contributed by atoms with E-state index in [9.17, 15) is 14.0 Å². The number of guanidine groups is 1. The molecule has 4 rings (SSSR count). The third-order valence-electron chi connectivity index (χ3n) is 3.88. The van der Waals surface area contributed by atoms with Gasteiger partial charge in [-0.2, -0.15) is 0 Å². The number of carbonyl (C=O) groups excluding carboxylic acids is 2. The van der Waals surface area contributed by atoms with Gasteiger partial charge in [0.15, 0.2) is 0 Å². The van der Waals surface area contributed by atoms with E-state index in [0.29, 0.717) is 19.0 Å². The minimum Gasteiger partial charge on any atom is -0.399 e. The number of hydrogen-bond acceptors (Lipinski definition) is 8. The van der Waals surface area contributed by atoms with Gasteiger partial charge in [-0.25, -0.2) is 14.0 Å². The van der Waals surface area contributed by atoms with Crippen LogP contribution in [0.2, 0.25) is 0 Å². The number of esters is 2. The third-order valence-corrected chi connectivity index (χ3v) is 3.88. The molecule has 124 valence electrons. The molecule has 0 radical (unpaired) electrons. The molecule has 0 saturated heterocycles. The standard InChI is InChI=1S/C15H13FN4O4/c16-11-3-1-2-10-9(11)8-20(19-14-17-6-7-18-14)15(10)23-12(21)4-5-13(22)24-15/h1-5H,6-8H2,(H2,17,18,19). The van der Waals surface area contributed by atoms with Crippen molar-refractivity contribution in [2.75, 3.05) is 13.1 Å². The molecule has 8 nitrogen and oxygen atoms in total. The van der Waals surface area contributed by atoms with Crippen molar-refractivity contribution >= 4 is 17.9 Å². The normalized spacial score (nSPS) is 21.6. The van der Waals surface area contributed by atoms with Crippen LogP contribution in [0.4, 0.5) is 4.39 Å². The molecule has 0 unspecified atom stereocenters. The summed E-state index contributed by atoms with van der Waals surface area (Å²) in [6, 6.07) is 4.31. The topological polar surface area (TPSA) is 92.3 Å². The fourth-order valence-electron chi connectivity index (χ4n) is 2.85. The number of hydrogen-bond donors (Lipinski definition) is 2. The molecular formula is C15H13FN4O4. The van der Waals surface area contributed by atoms with E-state index in [1.54, 1.807) is 6.07 Å². The molecule has 0 fully saturated rings. The Labute approximate surface area is 135 Å². The van der Waals surface area contributed by atoms with E-state index in [4.69, 9.17) is 9.47 Å². The van der Waals surface area contributed by atoms with Gasteiger partial charge in [-0.15, -0.1) is 5.01 Å². The van der Waals surface area contributed by atoms with Gasteiger partial charge in [0.2, 0.25) is 5.96 Å². The number of halogens is 1. The van der Waals surface area contributed by atoms with E-state index in [2.05, 4.69) is 15.7 Å². The molecule has 0 amide bonds. The Balaban J connectivity index is 1.80. The summed E-state index contributed by atoms with van der Waals surface area (Å²) in [5.41, 5.74) is 3.42. The average Bonchev–Trinajstić information content (AvgIpc) is 3.11. The van der Waals surface area contributed by atoms with Gasteiger partial charge in [0.25, 0.3) is 0 Å². The van der Waals surface area contributed by atoms with E-state index in [1.165, 1.54) is 17.1 Å². The summed E-state index contributed by atoms with van der Waals surface area (Å²) in [4.78, 5) is 28.1. The first-order chi connectivity index (χ1) is 11.6. The van der Waals surface area contributed by atoms with Crippen molar-refractivity contribution in [2.45, 2.75) is 12.5 Å². The zero-order valence-electron chi connectivity index (χ0n) is 12.4. The Hall–Kier alpha value is -2.94. The molecule has 24 heavy (non-hydrogen) atoms. The Morgan fingerprint density at radius 3 is 2.67 bits per heavy atom. The van der Waals surface area contributed by atoms with Crippen LogP contribution in [0.15, 0.2) is 35.3 Å². The number of ether oxygens (including phenoxy) is 2. The predicted octanol–water partition coefficient (Wildman–Crippen LogP) is -0.128. The molecule has 0 atom stereocenters. The molecule has 1 aromatic carbocycles. The highest BCUT2D eigenvalue weighted by Gasteiger charge is 2.55. The lowest BCUT2D eigenvalue weighted by molar-refractivity contribution is -0.294. The summed E-state index contributed by atoms with van der Waals surface area (Å²) in [6.45, 7) is 1.24. The zero-order valence-corrected chi connectivity index (χ0v) is 12.4. The molecule has 1 spiro atoms. The number of carbonyl (C=O) groups is 2. The summed E-state index contributed by atoms with van der Waals surface area (Å²) >= 11 is 0. The van der Waals surface area contributed by atoms with Gasteiger partial charge in [-0.3, -0.25) is 10.4 Å². The maximum Gasteiger partial charge on any atom is 0.367 e. The van der Waals surface area contributed by atoms with Crippen LogP contribution in [0.1, 0.15) is 11.1 Å². The van der Waals surface area contributed by atoms with E-state index < -0.39 is 23.7 Å². The number of fused-ring (bicyclic) bond motifs is 2. The molecule has 0 aliphatic carbocycles. The Kier molecular flexibility index (Phi) is 3.24. The summed E-state index contributed by atoms with van der Waals surface area (Å²) in [7, 11) is 0. The molecule has 0 saturated carbocycles. The summed E-state index contributed by atoms with van der Waals surface area (Å²) in [5.74, 6) is -3.51. The van der Waals surface area contributed by atoms with Crippen molar-refractivity contribution in [3.05, 3.63) is 47.3 Å². The third kappa shape index (κ3) is 2.21. The molecule has 1 aromatic rings. The minimum absolute atomic E-state index is 0.0171. The lowest BCUT2D eigenvalue weighted by atomic mass is 10.1. The minimum atomic E-state index is -1.90. The van der Waals surface area contributed by atoms with Crippen molar-refractivity contribution < 1.29 is 23.5 Å². The highest BCUT2D eigenvalue weighted by atomic mass is 19.1. The van der Waals surface area contributed by atoms with Crippen molar-refractivity contribution in [3.8, 4) is 0 Å². The monoisotopic (exact) mass is 332 g/mol. The van der Waals surface area contributed by atoms with Gasteiger partial charge in [0.05, 0.1) is 18.7 Å². The number of benzene rings is 1. The van der Waals surface area contributed by atoms with Gasteiger partial charge in [0.1, 0.15) is 5.82 Å². The Morgan fingerprint density at radius 2 is 2.00 bits per heavy atom. The summed E-state index contributed by atoms with van der Waals surface area (Å²) in [5, 5.41) is 4.33. The Morgan fingerprint density at radius 1 is 1.25 bits per heavy atom. The average molecular weight is 332 g/mol. The quantitative estimate of drug-likeness (QED) is 0.692. The van der Waals surface area contributed by atoms with Crippen molar-refractivity contribution in [3.63, 3.8) is 0 Å².